The second-order valence-electron chi connectivity index (χ2n) is 9.11. The molecule has 0 bridgehead atoms. The number of aromatic carboxylic acids is 1. The van der Waals surface area contributed by atoms with Crippen LogP contribution in [0.5, 0.6) is 17.2 Å². The number of pyridine rings is 1. The molecule has 0 radical (unpaired) electrons. The standard InChI is InChI=1S/C32H24F3NO5/c1-39-26-14-19(15-27(40-2)29(26)31(37)38)18-41-22-11-6-10-21(16-22)28-23-12-7-13-25(32(33,34)35)30(23)36-17-24(28)20-8-4-3-5-9-20/h3-17H,18H2,1-2H3,(H,37,38). The largest absolute Gasteiger partial charge is 0.496 e. The van der Waals surface area contributed by atoms with Crippen molar-refractivity contribution in [3.63, 3.8) is 0 Å². The van der Waals surface area contributed by atoms with Crippen molar-refractivity contribution in [1.29, 1.82) is 0 Å². The van der Waals surface area contributed by atoms with E-state index in [4.69, 9.17) is 14.2 Å². The van der Waals surface area contributed by atoms with E-state index in [0.29, 0.717) is 33.4 Å². The van der Waals surface area contributed by atoms with Crippen molar-refractivity contribution in [2.45, 2.75) is 12.8 Å². The summed E-state index contributed by atoms with van der Waals surface area (Å²) < 4.78 is 58.1. The minimum atomic E-state index is -4.57. The van der Waals surface area contributed by atoms with Crippen molar-refractivity contribution in [2.75, 3.05) is 14.2 Å². The van der Waals surface area contributed by atoms with E-state index in [2.05, 4.69) is 4.98 Å². The molecular formula is C32H24F3NO5. The maximum absolute atomic E-state index is 13.9. The highest BCUT2D eigenvalue weighted by Crippen LogP contribution is 2.42. The fraction of sp³-hybridized carbons (Fsp3) is 0.125. The Morgan fingerprint density at radius 3 is 2.15 bits per heavy atom. The predicted molar refractivity (Wildman–Crippen MR) is 148 cm³/mol. The van der Waals surface area contributed by atoms with E-state index in [-0.39, 0.29) is 29.2 Å². The van der Waals surface area contributed by atoms with Crippen molar-refractivity contribution in [3.8, 4) is 39.5 Å². The van der Waals surface area contributed by atoms with Gasteiger partial charge in [0.25, 0.3) is 0 Å². The Morgan fingerprint density at radius 1 is 0.854 bits per heavy atom. The Kier molecular flexibility index (Phi) is 7.52. The monoisotopic (exact) mass is 559 g/mol. The molecule has 1 N–H and O–H groups in total. The zero-order valence-electron chi connectivity index (χ0n) is 22.0. The van der Waals surface area contributed by atoms with Gasteiger partial charge in [-0.05, 0) is 47.0 Å². The van der Waals surface area contributed by atoms with Gasteiger partial charge in [0.05, 0.1) is 25.3 Å². The molecule has 41 heavy (non-hydrogen) atoms. The maximum Gasteiger partial charge on any atom is 0.418 e. The summed E-state index contributed by atoms with van der Waals surface area (Å²) in [5.74, 6) is -0.481. The second-order valence-corrected chi connectivity index (χ2v) is 9.11. The number of carboxylic acids is 1. The lowest BCUT2D eigenvalue weighted by atomic mass is 9.91. The van der Waals surface area contributed by atoms with Crippen LogP contribution in [0.25, 0.3) is 33.2 Å². The van der Waals surface area contributed by atoms with Gasteiger partial charge < -0.3 is 19.3 Å². The number of hydrogen-bond donors (Lipinski definition) is 1. The molecule has 0 amide bonds. The lowest BCUT2D eigenvalue weighted by Gasteiger charge is -2.17. The Balaban J connectivity index is 1.58. The maximum atomic E-state index is 13.9. The topological polar surface area (TPSA) is 77.9 Å². The molecule has 5 rings (SSSR count). The second kappa shape index (κ2) is 11.2. The van der Waals surface area contributed by atoms with Gasteiger partial charge in [-0.1, -0.05) is 54.6 Å². The van der Waals surface area contributed by atoms with Crippen LogP contribution in [0.15, 0.2) is 91.1 Å². The number of fused-ring (bicyclic) bond motifs is 1. The Labute approximate surface area is 233 Å². The van der Waals surface area contributed by atoms with Crippen LogP contribution in [-0.4, -0.2) is 30.3 Å². The van der Waals surface area contributed by atoms with Gasteiger partial charge in [0, 0.05) is 22.7 Å². The molecule has 9 heteroatoms. The van der Waals surface area contributed by atoms with Crippen LogP contribution in [0, 0.1) is 0 Å². The molecule has 0 saturated heterocycles. The number of methoxy groups -OCH3 is 2. The molecule has 6 nitrogen and oxygen atoms in total. The first-order valence-corrected chi connectivity index (χ1v) is 12.5. The summed E-state index contributed by atoms with van der Waals surface area (Å²) in [5.41, 5.74) is 2.26. The van der Waals surface area contributed by atoms with E-state index in [0.717, 1.165) is 11.6 Å². The molecule has 208 valence electrons. The van der Waals surface area contributed by atoms with Gasteiger partial charge in [0.2, 0.25) is 0 Å². The van der Waals surface area contributed by atoms with Crippen LogP contribution >= 0.6 is 0 Å². The van der Waals surface area contributed by atoms with E-state index in [1.165, 1.54) is 26.5 Å². The molecule has 0 saturated carbocycles. The first kappa shape index (κ1) is 27.5. The third-order valence-electron chi connectivity index (χ3n) is 6.60. The minimum absolute atomic E-state index is 0.0525. The number of para-hydroxylation sites is 1. The third kappa shape index (κ3) is 5.51. The molecule has 0 unspecified atom stereocenters. The molecular weight excluding hydrogens is 535 g/mol. The number of hydrogen-bond acceptors (Lipinski definition) is 5. The lowest BCUT2D eigenvalue weighted by Crippen LogP contribution is -2.07. The zero-order valence-corrected chi connectivity index (χ0v) is 22.0. The number of aromatic nitrogens is 1. The fourth-order valence-electron chi connectivity index (χ4n) is 4.77. The van der Waals surface area contributed by atoms with E-state index in [9.17, 15) is 23.1 Å². The first-order chi connectivity index (χ1) is 19.7. The molecule has 0 aliphatic heterocycles. The normalized spacial score (nSPS) is 11.3. The minimum Gasteiger partial charge on any atom is -0.496 e. The number of carboxylic acid groups (broad SMARTS) is 1. The quantitative estimate of drug-likeness (QED) is 0.208. The van der Waals surface area contributed by atoms with E-state index in [1.54, 1.807) is 36.4 Å². The summed E-state index contributed by atoms with van der Waals surface area (Å²) in [6.45, 7) is 0.0525. The number of ether oxygens (including phenoxy) is 3. The summed E-state index contributed by atoms with van der Waals surface area (Å²) in [6.07, 6.45) is -3.10. The van der Waals surface area contributed by atoms with Crippen LogP contribution in [-0.2, 0) is 12.8 Å². The van der Waals surface area contributed by atoms with Crippen molar-refractivity contribution >= 4 is 16.9 Å². The third-order valence-corrected chi connectivity index (χ3v) is 6.60. The molecule has 5 aromatic rings. The molecule has 1 aromatic heterocycles. The number of rotatable bonds is 8. The average Bonchev–Trinajstić information content (AvgIpc) is 2.98. The highest BCUT2D eigenvalue weighted by molar-refractivity contribution is 6.03. The number of nitrogens with zero attached hydrogens (tertiary/aromatic N) is 1. The highest BCUT2D eigenvalue weighted by atomic mass is 19.4. The number of alkyl halides is 3. The summed E-state index contributed by atoms with van der Waals surface area (Å²) in [6, 6.07) is 23.5. The highest BCUT2D eigenvalue weighted by Gasteiger charge is 2.33. The SMILES string of the molecule is COc1cc(COc2cccc(-c3c(-c4ccccc4)cnc4c(C(F)(F)F)cccc34)c2)cc(OC)c1C(=O)O. The summed E-state index contributed by atoms with van der Waals surface area (Å²) in [5, 5.41) is 9.89. The van der Waals surface area contributed by atoms with Crippen molar-refractivity contribution in [3.05, 3.63) is 108 Å². The summed E-state index contributed by atoms with van der Waals surface area (Å²) in [7, 11) is 2.73. The Morgan fingerprint density at radius 2 is 1.51 bits per heavy atom. The van der Waals surface area contributed by atoms with Crippen LogP contribution in [0.3, 0.4) is 0 Å². The molecule has 4 aromatic carbocycles. The number of halogens is 3. The van der Waals surface area contributed by atoms with Crippen LogP contribution in [0.4, 0.5) is 13.2 Å². The van der Waals surface area contributed by atoms with E-state index in [1.807, 2.05) is 36.4 Å². The van der Waals surface area contributed by atoms with Gasteiger partial charge in [0.1, 0.15) is 29.4 Å². The van der Waals surface area contributed by atoms with E-state index < -0.39 is 17.7 Å². The Hall–Kier alpha value is -5.05. The van der Waals surface area contributed by atoms with Crippen LogP contribution in [0.1, 0.15) is 21.5 Å². The molecule has 0 atom stereocenters. The summed E-state index contributed by atoms with van der Waals surface area (Å²) >= 11 is 0. The molecule has 0 aliphatic rings. The molecule has 0 fully saturated rings. The van der Waals surface area contributed by atoms with Crippen LogP contribution < -0.4 is 14.2 Å². The molecule has 0 spiro atoms. The predicted octanol–water partition coefficient (Wildman–Crippen LogP) is 7.88. The Bertz CT molecular complexity index is 1710. The van der Waals surface area contributed by atoms with Gasteiger partial charge in [-0.2, -0.15) is 13.2 Å². The van der Waals surface area contributed by atoms with Crippen molar-refractivity contribution < 1.29 is 37.3 Å². The summed E-state index contributed by atoms with van der Waals surface area (Å²) in [4.78, 5) is 15.9. The van der Waals surface area contributed by atoms with Gasteiger partial charge in [-0.25, -0.2) is 4.79 Å². The molecule has 1 heterocycles. The average molecular weight is 560 g/mol. The fourth-order valence-corrected chi connectivity index (χ4v) is 4.77. The smallest absolute Gasteiger partial charge is 0.418 e. The number of benzene rings is 4. The first-order valence-electron chi connectivity index (χ1n) is 12.5. The number of carbonyl (C=O) groups is 1. The van der Waals surface area contributed by atoms with Crippen molar-refractivity contribution in [1.82, 2.24) is 4.98 Å². The van der Waals surface area contributed by atoms with Gasteiger partial charge in [-0.3, -0.25) is 4.98 Å². The molecule has 0 aliphatic carbocycles. The van der Waals surface area contributed by atoms with E-state index >= 15 is 0 Å². The van der Waals surface area contributed by atoms with Gasteiger partial charge in [-0.15, -0.1) is 0 Å². The van der Waals surface area contributed by atoms with Crippen molar-refractivity contribution in [2.24, 2.45) is 0 Å². The van der Waals surface area contributed by atoms with Gasteiger partial charge >= 0.3 is 12.1 Å². The van der Waals surface area contributed by atoms with Crippen LogP contribution in [0.2, 0.25) is 0 Å². The zero-order chi connectivity index (χ0) is 29.1. The lowest BCUT2D eigenvalue weighted by molar-refractivity contribution is -0.136. The van der Waals surface area contributed by atoms with Gasteiger partial charge in [0.15, 0.2) is 0 Å².